The van der Waals surface area contributed by atoms with Crippen LogP contribution in [0.4, 0.5) is 11.4 Å². The predicted molar refractivity (Wildman–Crippen MR) is 136 cm³/mol. The molecule has 0 aliphatic heterocycles. The standard InChI is InChI=1S/C26H26N6O5/c1-26(2,13-16-4-6-17(7-5-16)30-23(33)22-28-10-11-29-22)32-25(35)24(34)31-18-8-9-19(20(12-18)36-3)21-14-27-15-37-21/h4-12,14-15H,13H2,1-3H3,(H,28,29)(H,30,33)(H,31,34)(H,32,35). The Kier molecular flexibility index (Phi) is 7.33. The van der Waals surface area contributed by atoms with Crippen LogP contribution >= 0.6 is 0 Å². The molecule has 2 heterocycles. The average Bonchev–Trinajstić information content (AvgIpc) is 3.59. The number of carbonyl (C=O) groups is 3. The second kappa shape index (κ2) is 10.8. The largest absolute Gasteiger partial charge is 0.496 e. The van der Waals surface area contributed by atoms with Crippen LogP contribution in [0.1, 0.15) is 30.0 Å². The van der Waals surface area contributed by atoms with Crippen molar-refractivity contribution < 1.29 is 23.5 Å². The van der Waals surface area contributed by atoms with E-state index in [0.29, 0.717) is 34.9 Å². The molecule has 0 aliphatic carbocycles. The molecule has 190 valence electrons. The van der Waals surface area contributed by atoms with Gasteiger partial charge in [-0.15, -0.1) is 0 Å². The summed E-state index contributed by atoms with van der Waals surface area (Å²) >= 11 is 0. The summed E-state index contributed by atoms with van der Waals surface area (Å²) in [5.74, 6) is -0.734. The average molecular weight is 503 g/mol. The van der Waals surface area contributed by atoms with Gasteiger partial charge in [-0.3, -0.25) is 14.4 Å². The molecule has 4 aromatic rings. The molecule has 11 nitrogen and oxygen atoms in total. The number of hydrogen-bond donors (Lipinski definition) is 4. The zero-order valence-electron chi connectivity index (χ0n) is 20.5. The van der Waals surface area contributed by atoms with Gasteiger partial charge in [0.05, 0.1) is 18.9 Å². The number of rotatable bonds is 8. The Morgan fingerprint density at radius 1 is 1.03 bits per heavy atom. The van der Waals surface area contributed by atoms with Gasteiger partial charge in [0.1, 0.15) is 5.75 Å². The van der Waals surface area contributed by atoms with Crippen LogP contribution in [0, 0.1) is 0 Å². The zero-order valence-corrected chi connectivity index (χ0v) is 20.5. The lowest BCUT2D eigenvalue weighted by Crippen LogP contribution is -2.49. The van der Waals surface area contributed by atoms with Crippen LogP contribution in [0.3, 0.4) is 0 Å². The maximum atomic E-state index is 12.6. The highest BCUT2D eigenvalue weighted by Crippen LogP contribution is 2.32. The zero-order chi connectivity index (χ0) is 26.4. The van der Waals surface area contributed by atoms with Crippen LogP contribution in [0.5, 0.6) is 5.75 Å². The molecule has 0 unspecified atom stereocenters. The molecule has 37 heavy (non-hydrogen) atoms. The molecular weight excluding hydrogens is 476 g/mol. The molecule has 2 aromatic heterocycles. The molecule has 0 bridgehead atoms. The van der Waals surface area contributed by atoms with E-state index in [2.05, 4.69) is 30.9 Å². The van der Waals surface area contributed by atoms with Crippen LogP contribution in [0.25, 0.3) is 11.3 Å². The molecule has 4 rings (SSSR count). The van der Waals surface area contributed by atoms with Gasteiger partial charge in [0.15, 0.2) is 18.0 Å². The first-order valence-electron chi connectivity index (χ1n) is 11.3. The molecule has 0 saturated heterocycles. The van der Waals surface area contributed by atoms with E-state index in [0.717, 1.165) is 5.56 Å². The van der Waals surface area contributed by atoms with Crippen molar-refractivity contribution in [3.8, 4) is 17.1 Å². The number of imidazole rings is 1. The molecule has 11 heteroatoms. The van der Waals surface area contributed by atoms with Gasteiger partial charge in [0.2, 0.25) is 0 Å². The summed E-state index contributed by atoms with van der Waals surface area (Å²) in [6, 6.07) is 12.1. The first-order valence-corrected chi connectivity index (χ1v) is 11.3. The van der Waals surface area contributed by atoms with E-state index in [1.165, 1.54) is 19.7 Å². The number of H-pyrrole nitrogens is 1. The van der Waals surface area contributed by atoms with Crippen molar-refractivity contribution in [3.63, 3.8) is 0 Å². The molecule has 0 radical (unpaired) electrons. The van der Waals surface area contributed by atoms with Gasteiger partial charge in [-0.05, 0) is 50.1 Å². The predicted octanol–water partition coefficient (Wildman–Crippen LogP) is 3.40. The van der Waals surface area contributed by atoms with Crippen LogP contribution in [-0.2, 0) is 16.0 Å². The van der Waals surface area contributed by atoms with Gasteiger partial charge in [-0.25, -0.2) is 9.97 Å². The summed E-state index contributed by atoms with van der Waals surface area (Å²) in [5, 5.41) is 8.10. The lowest BCUT2D eigenvalue weighted by Gasteiger charge is -2.26. The minimum Gasteiger partial charge on any atom is -0.496 e. The fourth-order valence-electron chi connectivity index (χ4n) is 3.71. The molecule has 0 fully saturated rings. The monoisotopic (exact) mass is 502 g/mol. The Morgan fingerprint density at radius 2 is 1.78 bits per heavy atom. The summed E-state index contributed by atoms with van der Waals surface area (Å²) < 4.78 is 10.7. The molecule has 0 spiro atoms. The molecule has 0 atom stereocenters. The van der Waals surface area contributed by atoms with Crippen LogP contribution < -0.4 is 20.7 Å². The number of nitrogens with one attached hydrogen (secondary N) is 4. The van der Waals surface area contributed by atoms with E-state index in [1.54, 1.807) is 42.7 Å². The summed E-state index contributed by atoms with van der Waals surface area (Å²) in [5.41, 5.74) is 1.85. The quantitative estimate of drug-likeness (QED) is 0.270. The van der Waals surface area contributed by atoms with Crippen molar-refractivity contribution in [2.75, 3.05) is 17.7 Å². The number of aromatic amines is 1. The van der Waals surface area contributed by atoms with Crippen molar-refractivity contribution in [2.45, 2.75) is 25.8 Å². The van der Waals surface area contributed by atoms with E-state index < -0.39 is 17.4 Å². The summed E-state index contributed by atoms with van der Waals surface area (Å²) in [6.45, 7) is 3.64. The van der Waals surface area contributed by atoms with Crippen molar-refractivity contribution in [3.05, 3.63) is 78.8 Å². The number of benzene rings is 2. The number of anilines is 2. The molecule has 0 saturated carbocycles. The normalized spacial score (nSPS) is 11.0. The van der Waals surface area contributed by atoms with Gasteiger partial charge >= 0.3 is 11.8 Å². The van der Waals surface area contributed by atoms with Crippen LogP contribution in [0.15, 0.2) is 71.9 Å². The SMILES string of the molecule is COc1cc(NC(=O)C(=O)NC(C)(C)Cc2ccc(NC(=O)c3ncc[nH]3)cc2)ccc1-c1cnco1. The van der Waals surface area contributed by atoms with E-state index in [1.807, 2.05) is 26.0 Å². The Hall–Kier alpha value is -4.93. The lowest BCUT2D eigenvalue weighted by atomic mass is 9.94. The number of hydrogen-bond acceptors (Lipinski definition) is 7. The Labute approximate surface area is 212 Å². The third kappa shape index (κ3) is 6.40. The molecule has 3 amide bonds. The third-order valence-corrected chi connectivity index (χ3v) is 5.39. The van der Waals surface area contributed by atoms with Crippen molar-refractivity contribution in [1.29, 1.82) is 0 Å². The molecular formula is C26H26N6O5. The minimum atomic E-state index is -0.807. The highest BCUT2D eigenvalue weighted by molar-refractivity contribution is 6.39. The highest BCUT2D eigenvalue weighted by Gasteiger charge is 2.25. The van der Waals surface area contributed by atoms with E-state index in [4.69, 9.17) is 9.15 Å². The highest BCUT2D eigenvalue weighted by atomic mass is 16.5. The lowest BCUT2D eigenvalue weighted by molar-refractivity contribution is -0.137. The second-order valence-electron chi connectivity index (χ2n) is 8.84. The van der Waals surface area contributed by atoms with Gasteiger partial charge in [-0.1, -0.05) is 12.1 Å². The van der Waals surface area contributed by atoms with Gasteiger partial charge < -0.3 is 30.1 Å². The van der Waals surface area contributed by atoms with Crippen molar-refractivity contribution in [2.24, 2.45) is 0 Å². The minimum absolute atomic E-state index is 0.218. The van der Waals surface area contributed by atoms with Gasteiger partial charge in [0.25, 0.3) is 5.91 Å². The summed E-state index contributed by atoms with van der Waals surface area (Å²) in [4.78, 5) is 47.8. The Bertz CT molecular complexity index is 1380. The summed E-state index contributed by atoms with van der Waals surface area (Å²) in [7, 11) is 1.50. The number of ether oxygens (including phenoxy) is 1. The van der Waals surface area contributed by atoms with Crippen LogP contribution in [0.2, 0.25) is 0 Å². The maximum absolute atomic E-state index is 12.6. The van der Waals surface area contributed by atoms with E-state index in [-0.39, 0.29) is 11.7 Å². The van der Waals surface area contributed by atoms with Crippen molar-refractivity contribution in [1.82, 2.24) is 20.3 Å². The Morgan fingerprint density at radius 3 is 2.43 bits per heavy atom. The van der Waals surface area contributed by atoms with Crippen molar-refractivity contribution >= 4 is 29.1 Å². The Balaban J connectivity index is 1.33. The molecule has 0 aliphatic rings. The van der Waals surface area contributed by atoms with E-state index >= 15 is 0 Å². The smallest absolute Gasteiger partial charge is 0.313 e. The van der Waals surface area contributed by atoms with Gasteiger partial charge in [0, 0.05) is 35.4 Å². The topological polar surface area (TPSA) is 151 Å². The van der Waals surface area contributed by atoms with Crippen LogP contribution in [-0.4, -0.2) is 45.3 Å². The molecule has 4 N–H and O–H groups in total. The number of carbonyl (C=O) groups excluding carboxylic acids is 3. The fraction of sp³-hybridized carbons (Fsp3) is 0.192. The number of aromatic nitrogens is 3. The second-order valence-corrected chi connectivity index (χ2v) is 8.84. The van der Waals surface area contributed by atoms with E-state index in [9.17, 15) is 14.4 Å². The molecule has 2 aromatic carbocycles. The number of methoxy groups -OCH3 is 1. The maximum Gasteiger partial charge on any atom is 0.313 e. The first kappa shape index (κ1) is 25.2. The third-order valence-electron chi connectivity index (χ3n) is 5.39. The summed E-state index contributed by atoms with van der Waals surface area (Å²) in [6.07, 6.45) is 6.39. The first-order chi connectivity index (χ1) is 17.7. The number of oxazole rings is 1. The number of amides is 3. The van der Waals surface area contributed by atoms with Gasteiger partial charge in [-0.2, -0.15) is 0 Å². The number of nitrogens with zero attached hydrogens (tertiary/aromatic N) is 2. The fourth-order valence-corrected chi connectivity index (χ4v) is 3.71.